The van der Waals surface area contributed by atoms with Gasteiger partial charge in [0.1, 0.15) is 5.82 Å². The first-order valence-corrected chi connectivity index (χ1v) is 10.1. The van der Waals surface area contributed by atoms with Crippen molar-refractivity contribution in [3.05, 3.63) is 63.8 Å². The zero-order chi connectivity index (χ0) is 21.4. The number of carbonyl (C=O) groups excluding carboxylic acids is 1. The molecule has 1 amide bonds. The van der Waals surface area contributed by atoms with E-state index in [0.717, 1.165) is 33.8 Å². The van der Waals surface area contributed by atoms with Gasteiger partial charge in [-0.15, -0.1) is 11.3 Å². The van der Waals surface area contributed by atoms with Crippen molar-refractivity contribution < 1.29 is 4.79 Å². The molecule has 2 aromatic rings. The van der Waals surface area contributed by atoms with Crippen molar-refractivity contribution in [2.75, 3.05) is 5.32 Å². The van der Waals surface area contributed by atoms with Crippen molar-refractivity contribution in [2.45, 2.75) is 33.6 Å². The molecular formula is C21H22ClN5OS. The SMILES string of the molecule is C=C/C(=C\C=C(/C)CC(=O)NC#N)Nc1nc(-c2ccc(Cl)s2)nc(C)c1CC. The van der Waals surface area contributed by atoms with Crippen LogP contribution in [0.15, 0.2) is 48.2 Å². The number of nitrogens with one attached hydrogen (secondary N) is 2. The van der Waals surface area contributed by atoms with Gasteiger partial charge in [-0.1, -0.05) is 36.8 Å². The number of halogens is 1. The minimum absolute atomic E-state index is 0.143. The topological polar surface area (TPSA) is 90.7 Å². The van der Waals surface area contributed by atoms with Gasteiger partial charge in [-0.25, -0.2) is 9.97 Å². The third kappa shape index (κ3) is 6.28. The predicted molar refractivity (Wildman–Crippen MR) is 119 cm³/mol. The Morgan fingerprint density at radius 3 is 2.72 bits per heavy atom. The van der Waals surface area contributed by atoms with Crippen LogP contribution < -0.4 is 10.6 Å². The van der Waals surface area contributed by atoms with Crippen LogP contribution in [0.5, 0.6) is 0 Å². The molecule has 2 heterocycles. The zero-order valence-electron chi connectivity index (χ0n) is 16.5. The van der Waals surface area contributed by atoms with Crippen LogP contribution in [0.4, 0.5) is 5.82 Å². The average molecular weight is 428 g/mol. The summed E-state index contributed by atoms with van der Waals surface area (Å²) in [4.78, 5) is 21.7. The monoisotopic (exact) mass is 427 g/mol. The standard InChI is InChI=1S/C21H22ClN5OS/c1-5-15(8-7-13(3)11-19(28)24-12-23)26-20-16(6-2)14(4)25-21(27-20)17-9-10-18(22)29-17/h5,7-10H,1,6,11H2,2-4H3,(H,24,28)(H,25,26,27)/b13-7+,15-8+. The Kier molecular flexibility index (Phi) is 8.13. The number of aryl methyl sites for hydroxylation is 1. The van der Waals surface area contributed by atoms with E-state index in [1.807, 2.05) is 39.0 Å². The number of nitrogens with zero attached hydrogens (tertiary/aromatic N) is 3. The molecule has 0 aliphatic carbocycles. The van der Waals surface area contributed by atoms with Gasteiger partial charge in [-0.2, -0.15) is 5.26 Å². The Bertz CT molecular complexity index is 1020. The Labute approximate surface area is 179 Å². The van der Waals surface area contributed by atoms with Crippen LogP contribution in [0.1, 0.15) is 31.5 Å². The molecule has 0 fully saturated rings. The highest BCUT2D eigenvalue weighted by Gasteiger charge is 2.13. The number of rotatable bonds is 8. The summed E-state index contributed by atoms with van der Waals surface area (Å²) in [7, 11) is 0. The van der Waals surface area contributed by atoms with E-state index in [-0.39, 0.29) is 12.3 Å². The molecule has 2 rings (SSSR count). The summed E-state index contributed by atoms with van der Waals surface area (Å²) in [6, 6.07) is 3.73. The second-order valence-corrected chi connectivity index (χ2v) is 7.93. The maximum Gasteiger partial charge on any atom is 0.237 e. The van der Waals surface area contributed by atoms with E-state index in [2.05, 4.69) is 22.2 Å². The second-order valence-electron chi connectivity index (χ2n) is 6.22. The summed E-state index contributed by atoms with van der Waals surface area (Å²) in [6.07, 6.45) is 7.85. The highest BCUT2D eigenvalue weighted by molar-refractivity contribution is 7.19. The Morgan fingerprint density at radius 2 is 2.14 bits per heavy atom. The molecule has 0 bridgehead atoms. The first-order chi connectivity index (χ1) is 13.9. The van der Waals surface area contributed by atoms with E-state index >= 15 is 0 Å². The zero-order valence-corrected chi connectivity index (χ0v) is 18.1. The van der Waals surface area contributed by atoms with Gasteiger partial charge in [0.2, 0.25) is 5.91 Å². The molecule has 0 aliphatic heterocycles. The van der Waals surface area contributed by atoms with Crippen molar-refractivity contribution in [3.8, 4) is 16.9 Å². The van der Waals surface area contributed by atoms with Crippen LogP contribution in [-0.2, 0) is 11.2 Å². The summed E-state index contributed by atoms with van der Waals surface area (Å²) in [5.41, 5.74) is 3.45. The van der Waals surface area contributed by atoms with Crippen molar-refractivity contribution in [2.24, 2.45) is 0 Å². The molecular weight excluding hydrogens is 406 g/mol. The predicted octanol–water partition coefficient (Wildman–Crippen LogP) is 5.14. The maximum atomic E-state index is 11.5. The van der Waals surface area contributed by atoms with Crippen molar-refractivity contribution in [1.82, 2.24) is 15.3 Å². The molecule has 0 spiro atoms. The quantitative estimate of drug-likeness (QED) is 0.345. The van der Waals surface area contributed by atoms with Crippen molar-refractivity contribution >= 4 is 34.7 Å². The summed E-state index contributed by atoms with van der Waals surface area (Å²) < 4.78 is 0.683. The Balaban J connectivity index is 2.32. The lowest BCUT2D eigenvalue weighted by Crippen LogP contribution is -2.16. The molecule has 2 N–H and O–H groups in total. The molecule has 0 saturated carbocycles. The highest BCUT2D eigenvalue weighted by Crippen LogP contribution is 2.31. The first kappa shape index (κ1) is 22.3. The number of hydrogen-bond donors (Lipinski definition) is 2. The first-order valence-electron chi connectivity index (χ1n) is 8.96. The molecule has 0 radical (unpaired) electrons. The van der Waals surface area contributed by atoms with Gasteiger partial charge in [-0.3, -0.25) is 10.1 Å². The maximum absolute atomic E-state index is 11.5. The lowest BCUT2D eigenvalue weighted by Gasteiger charge is -2.14. The molecule has 8 heteroatoms. The van der Waals surface area contributed by atoms with Gasteiger partial charge in [0, 0.05) is 23.4 Å². The van der Waals surface area contributed by atoms with Crippen LogP contribution in [0.25, 0.3) is 10.7 Å². The minimum Gasteiger partial charge on any atom is -0.340 e. The van der Waals surface area contributed by atoms with Gasteiger partial charge in [0.15, 0.2) is 12.0 Å². The van der Waals surface area contributed by atoms with E-state index < -0.39 is 0 Å². The minimum atomic E-state index is -0.346. The molecule has 0 aliphatic rings. The largest absolute Gasteiger partial charge is 0.340 e. The van der Waals surface area contributed by atoms with Gasteiger partial charge in [0.05, 0.1) is 9.21 Å². The fourth-order valence-corrected chi connectivity index (χ4v) is 3.59. The Hall–Kier alpha value is -2.95. The van der Waals surface area contributed by atoms with Gasteiger partial charge < -0.3 is 5.32 Å². The van der Waals surface area contributed by atoms with E-state index in [1.165, 1.54) is 11.3 Å². The molecule has 150 valence electrons. The Morgan fingerprint density at radius 1 is 1.38 bits per heavy atom. The molecule has 0 atom stereocenters. The van der Waals surface area contributed by atoms with Crippen molar-refractivity contribution in [1.29, 1.82) is 5.26 Å². The molecule has 2 aromatic heterocycles. The van der Waals surface area contributed by atoms with Crippen molar-refractivity contribution in [3.63, 3.8) is 0 Å². The number of nitriles is 1. The fraction of sp³-hybridized carbons (Fsp3) is 0.238. The normalized spacial score (nSPS) is 11.7. The van der Waals surface area contributed by atoms with E-state index in [0.29, 0.717) is 16.0 Å². The smallest absolute Gasteiger partial charge is 0.237 e. The summed E-state index contributed by atoms with van der Waals surface area (Å²) in [5, 5.41) is 13.9. The van der Waals surface area contributed by atoms with Crippen LogP contribution in [0, 0.1) is 18.4 Å². The number of amides is 1. The number of carbonyl (C=O) groups is 1. The highest BCUT2D eigenvalue weighted by atomic mass is 35.5. The number of aromatic nitrogens is 2. The number of allylic oxidation sites excluding steroid dienone is 3. The lowest BCUT2D eigenvalue weighted by molar-refractivity contribution is -0.119. The summed E-state index contributed by atoms with van der Waals surface area (Å²) in [5.74, 6) is 0.975. The van der Waals surface area contributed by atoms with Crippen LogP contribution in [0.3, 0.4) is 0 Å². The number of hydrogen-bond acceptors (Lipinski definition) is 6. The molecule has 0 unspecified atom stereocenters. The van der Waals surface area contributed by atoms with E-state index in [1.54, 1.807) is 18.3 Å². The van der Waals surface area contributed by atoms with E-state index in [9.17, 15) is 4.79 Å². The van der Waals surface area contributed by atoms with Gasteiger partial charge in [0.25, 0.3) is 0 Å². The average Bonchev–Trinajstić information content (AvgIpc) is 3.11. The summed E-state index contributed by atoms with van der Waals surface area (Å²) in [6.45, 7) is 9.67. The van der Waals surface area contributed by atoms with Gasteiger partial charge >= 0.3 is 0 Å². The number of thiophene rings is 1. The van der Waals surface area contributed by atoms with Crippen LogP contribution in [0.2, 0.25) is 4.34 Å². The molecule has 6 nitrogen and oxygen atoms in total. The van der Waals surface area contributed by atoms with Crippen LogP contribution in [-0.4, -0.2) is 15.9 Å². The van der Waals surface area contributed by atoms with E-state index in [4.69, 9.17) is 21.8 Å². The fourth-order valence-electron chi connectivity index (χ4n) is 2.62. The third-order valence-electron chi connectivity index (χ3n) is 4.03. The molecule has 29 heavy (non-hydrogen) atoms. The van der Waals surface area contributed by atoms with Crippen LogP contribution >= 0.6 is 22.9 Å². The lowest BCUT2D eigenvalue weighted by atomic mass is 10.1. The number of anilines is 1. The second kappa shape index (κ2) is 10.6. The third-order valence-corrected chi connectivity index (χ3v) is 5.25. The summed E-state index contributed by atoms with van der Waals surface area (Å²) >= 11 is 7.48. The van der Waals surface area contributed by atoms with Gasteiger partial charge in [-0.05, 0) is 44.6 Å². The molecule has 0 aromatic carbocycles. The molecule has 0 saturated heterocycles.